The van der Waals surface area contributed by atoms with E-state index in [9.17, 15) is 18.1 Å². The lowest BCUT2D eigenvalue weighted by molar-refractivity contribution is -0.118. The fourth-order valence-corrected chi connectivity index (χ4v) is 1.57. The number of Topliss-reactive ketones (excluding diaryl/α,β-unsaturated/α-hetero) is 1. The summed E-state index contributed by atoms with van der Waals surface area (Å²) >= 11 is 0. The van der Waals surface area contributed by atoms with Crippen LogP contribution in [0.2, 0.25) is 0 Å². The number of halogens is 2. The number of carbonyl (C=O) groups is 1. The van der Waals surface area contributed by atoms with E-state index in [0.717, 1.165) is 18.2 Å². The zero-order chi connectivity index (χ0) is 13.1. The average molecular weight is 266 g/mol. The second kappa shape index (κ2) is 5.35. The predicted molar refractivity (Wildman–Crippen MR) is 53.8 cm³/mol. The van der Waals surface area contributed by atoms with Gasteiger partial charge in [0.25, 0.3) is 0 Å². The van der Waals surface area contributed by atoms with Crippen LogP contribution < -0.4 is 4.74 Å². The molecule has 0 atom stereocenters. The van der Waals surface area contributed by atoms with E-state index in [0.29, 0.717) is 0 Å². The highest BCUT2D eigenvalue weighted by Gasteiger charge is 2.19. The smallest absolute Gasteiger partial charge is 0.333 e. The van der Waals surface area contributed by atoms with Gasteiger partial charge in [-0.05, 0) is 12.1 Å². The molecule has 0 radical (unpaired) electrons. The molecule has 0 heterocycles. The molecular weight excluding hydrogens is 257 g/mol. The van der Waals surface area contributed by atoms with Gasteiger partial charge < -0.3 is 14.5 Å². The Hall–Kier alpha value is -1.30. The molecule has 0 aliphatic heterocycles. The van der Waals surface area contributed by atoms with Crippen molar-refractivity contribution >= 4 is 13.4 Å². The van der Waals surface area contributed by atoms with Gasteiger partial charge in [-0.3, -0.25) is 9.36 Å². The summed E-state index contributed by atoms with van der Waals surface area (Å²) in [7, 11) is -4.46. The Morgan fingerprint density at radius 3 is 2.59 bits per heavy atom. The van der Waals surface area contributed by atoms with Gasteiger partial charge in [-0.15, -0.1) is 0 Å². The van der Waals surface area contributed by atoms with Crippen molar-refractivity contribution in [2.45, 2.75) is 0 Å². The van der Waals surface area contributed by atoms with E-state index in [2.05, 4.69) is 4.74 Å². The van der Waals surface area contributed by atoms with E-state index < -0.39 is 43.5 Å². The van der Waals surface area contributed by atoms with Crippen molar-refractivity contribution in [3.05, 3.63) is 29.8 Å². The Bertz CT molecular complexity index is 470. The quantitative estimate of drug-likeness (QED) is 0.779. The molecule has 8 heteroatoms. The fourth-order valence-electron chi connectivity index (χ4n) is 1.02. The third-order valence-corrected chi connectivity index (χ3v) is 2.43. The fraction of sp³-hybridized carbons (Fsp3) is 0.222. The maximum Gasteiger partial charge on any atom is 0.333 e. The zero-order valence-electron chi connectivity index (χ0n) is 8.47. The van der Waals surface area contributed by atoms with Crippen LogP contribution in [0.1, 0.15) is 0 Å². The topological polar surface area (TPSA) is 83.8 Å². The van der Waals surface area contributed by atoms with E-state index in [-0.39, 0.29) is 0 Å². The molecule has 0 aromatic heterocycles. The highest BCUT2D eigenvalue weighted by atomic mass is 31.2. The monoisotopic (exact) mass is 266 g/mol. The first-order valence-electron chi connectivity index (χ1n) is 4.42. The van der Waals surface area contributed by atoms with Gasteiger partial charge in [0, 0.05) is 6.07 Å². The number of carbonyl (C=O) groups excluding carboxylic acids is 1. The molecule has 0 fully saturated rings. The second-order valence-electron chi connectivity index (χ2n) is 3.22. The molecule has 0 spiro atoms. The van der Waals surface area contributed by atoms with Crippen molar-refractivity contribution in [3.63, 3.8) is 0 Å². The Kier molecular flexibility index (Phi) is 4.34. The summed E-state index contributed by atoms with van der Waals surface area (Å²) in [5.74, 6) is -3.00. The van der Waals surface area contributed by atoms with E-state index in [4.69, 9.17) is 9.79 Å². The second-order valence-corrected chi connectivity index (χ2v) is 4.87. The summed E-state index contributed by atoms with van der Waals surface area (Å²) in [6, 6.07) is 2.43. The molecule has 0 unspecified atom stereocenters. The molecule has 0 aliphatic rings. The van der Waals surface area contributed by atoms with E-state index in [1.165, 1.54) is 0 Å². The normalized spacial score (nSPS) is 11.3. The van der Waals surface area contributed by atoms with E-state index in [1.54, 1.807) is 0 Å². The Morgan fingerprint density at radius 2 is 2.00 bits per heavy atom. The van der Waals surface area contributed by atoms with Crippen LogP contribution in [0.15, 0.2) is 18.2 Å². The van der Waals surface area contributed by atoms with E-state index in [1.807, 2.05) is 0 Å². The first-order chi connectivity index (χ1) is 7.78. The number of ether oxygens (including phenoxy) is 1. The van der Waals surface area contributed by atoms with Crippen molar-refractivity contribution in [1.29, 1.82) is 0 Å². The first kappa shape index (κ1) is 13.8. The first-order valence-corrected chi connectivity index (χ1v) is 6.22. The lowest BCUT2D eigenvalue weighted by atomic mass is 10.3. The summed E-state index contributed by atoms with van der Waals surface area (Å²) in [4.78, 5) is 28.0. The molecule has 0 saturated heterocycles. The third-order valence-electron chi connectivity index (χ3n) is 1.66. The molecule has 0 saturated carbocycles. The van der Waals surface area contributed by atoms with Crippen molar-refractivity contribution in [2.24, 2.45) is 0 Å². The summed E-state index contributed by atoms with van der Waals surface area (Å²) < 4.78 is 40.8. The van der Waals surface area contributed by atoms with Crippen LogP contribution in [0.3, 0.4) is 0 Å². The van der Waals surface area contributed by atoms with Crippen LogP contribution in [-0.4, -0.2) is 28.3 Å². The van der Waals surface area contributed by atoms with Crippen molar-refractivity contribution in [2.75, 3.05) is 12.8 Å². The van der Waals surface area contributed by atoms with Crippen LogP contribution in [0.4, 0.5) is 8.78 Å². The predicted octanol–water partition coefficient (Wildman–Crippen LogP) is 1.09. The molecule has 1 aromatic carbocycles. The van der Waals surface area contributed by atoms with Gasteiger partial charge in [0.1, 0.15) is 18.6 Å². The number of hydrogen-bond acceptors (Lipinski definition) is 3. The van der Waals surface area contributed by atoms with Gasteiger partial charge in [-0.25, -0.2) is 8.78 Å². The molecule has 1 rings (SSSR count). The summed E-state index contributed by atoms with van der Waals surface area (Å²) in [5, 5.41) is 0. The minimum Gasteiger partial charge on any atom is -0.483 e. The minimum atomic E-state index is -4.46. The number of benzene rings is 1. The number of hydrogen-bond donors (Lipinski definition) is 2. The highest BCUT2D eigenvalue weighted by molar-refractivity contribution is 7.52. The SMILES string of the molecule is O=C(COc1cc(F)ccc1F)CP(=O)(O)O. The van der Waals surface area contributed by atoms with Crippen LogP contribution in [-0.2, 0) is 9.36 Å². The highest BCUT2D eigenvalue weighted by Crippen LogP contribution is 2.33. The number of rotatable bonds is 5. The Labute approximate surface area is 95.2 Å². The molecular formula is C9H9F2O5P. The van der Waals surface area contributed by atoms with Gasteiger partial charge in [0.05, 0.1) is 0 Å². The molecule has 94 valence electrons. The van der Waals surface area contributed by atoms with Crippen LogP contribution >= 0.6 is 7.60 Å². The number of ketones is 1. The average Bonchev–Trinajstić information content (AvgIpc) is 2.17. The van der Waals surface area contributed by atoms with Gasteiger partial charge in [-0.1, -0.05) is 0 Å². The maximum atomic E-state index is 13.0. The van der Waals surface area contributed by atoms with Crippen molar-refractivity contribution in [3.8, 4) is 5.75 Å². The van der Waals surface area contributed by atoms with Gasteiger partial charge >= 0.3 is 7.60 Å². The van der Waals surface area contributed by atoms with Gasteiger partial charge in [-0.2, -0.15) is 0 Å². The minimum absolute atomic E-state index is 0.482. The van der Waals surface area contributed by atoms with Gasteiger partial charge in [0.2, 0.25) is 0 Å². The van der Waals surface area contributed by atoms with Gasteiger partial charge in [0.15, 0.2) is 17.3 Å². The van der Waals surface area contributed by atoms with Crippen LogP contribution in [0.25, 0.3) is 0 Å². The standard InChI is InChI=1S/C9H9F2O5P/c10-6-1-2-8(11)9(3-6)16-4-7(12)5-17(13,14)15/h1-3H,4-5H2,(H2,13,14,15). The summed E-state index contributed by atoms with van der Waals surface area (Å²) in [6.07, 6.45) is -0.996. The molecule has 0 amide bonds. The van der Waals surface area contributed by atoms with Crippen LogP contribution in [0, 0.1) is 11.6 Å². The molecule has 1 aromatic rings. The van der Waals surface area contributed by atoms with E-state index >= 15 is 0 Å². The largest absolute Gasteiger partial charge is 0.483 e. The van der Waals surface area contributed by atoms with Crippen LogP contribution in [0.5, 0.6) is 5.75 Å². The summed E-state index contributed by atoms with van der Waals surface area (Å²) in [5.41, 5.74) is 0. The lowest BCUT2D eigenvalue weighted by Crippen LogP contribution is -2.16. The Balaban J connectivity index is 2.59. The molecule has 17 heavy (non-hydrogen) atoms. The van der Waals surface area contributed by atoms with Crippen molar-refractivity contribution in [1.82, 2.24) is 0 Å². The molecule has 5 nitrogen and oxygen atoms in total. The molecule has 2 N–H and O–H groups in total. The summed E-state index contributed by atoms with van der Waals surface area (Å²) in [6.45, 7) is -0.731. The van der Waals surface area contributed by atoms with Crippen molar-refractivity contribution < 1.29 is 32.7 Å². The zero-order valence-corrected chi connectivity index (χ0v) is 9.36. The third kappa shape index (κ3) is 5.04. The molecule has 0 aliphatic carbocycles. The molecule has 0 bridgehead atoms. The maximum absolute atomic E-state index is 13.0. The lowest BCUT2D eigenvalue weighted by Gasteiger charge is -2.07. The Morgan fingerprint density at radius 1 is 1.35 bits per heavy atom.